The number of aliphatic carboxylic acids is 1. The lowest BCUT2D eigenvalue weighted by Crippen LogP contribution is -2.38. The summed E-state index contributed by atoms with van der Waals surface area (Å²) in [6, 6.07) is 4.75. The number of aryl methyl sites for hydroxylation is 1. The molecule has 118 valence electrons. The summed E-state index contributed by atoms with van der Waals surface area (Å²) in [7, 11) is 1.51. The number of hydrogen-bond donors (Lipinski definition) is 4. The predicted molar refractivity (Wildman–Crippen MR) is 78.4 cm³/mol. The molecule has 2 unspecified atom stereocenters. The molecule has 1 aromatic rings. The molecule has 0 aromatic heterocycles. The van der Waals surface area contributed by atoms with E-state index in [1.807, 2.05) is 13.0 Å². The molecule has 0 amide bonds. The summed E-state index contributed by atoms with van der Waals surface area (Å²) in [6.45, 7) is 2.33. The number of carboxylic acid groups (broad SMARTS) is 1. The monoisotopic (exact) mass is 297 g/mol. The lowest BCUT2D eigenvalue weighted by atomic mass is 9.97. The molecule has 0 saturated heterocycles. The first-order valence-corrected chi connectivity index (χ1v) is 6.88. The topological polar surface area (TPSA) is 99.0 Å². The second-order valence-corrected chi connectivity index (χ2v) is 4.93. The molecule has 0 spiro atoms. The van der Waals surface area contributed by atoms with Crippen LogP contribution in [0.2, 0.25) is 0 Å². The first-order valence-electron chi connectivity index (χ1n) is 6.88. The van der Waals surface area contributed by atoms with Crippen molar-refractivity contribution in [2.75, 3.05) is 20.3 Å². The number of aliphatic hydroxyl groups is 2. The molecule has 4 N–H and O–H groups in total. The minimum absolute atomic E-state index is 0.0106. The van der Waals surface area contributed by atoms with Crippen LogP contribution in [0.4, 0.5) is 0 Å². The van der Waals surface area contributed by atoms with Crippen molar-refractivity contribution in [3.8, 4) is 5.75 Å². The van der Waals surface area contributed by atoms with E-state index in [0.29, 0.717) is 24.3 Å². The lowest BCUT2D eigenvalue weighted by Gasteiger charge is -2.24. The van der Waals surface area contributed by atoms with Crippen LogP contribution in [0.3, 0.4) is 0 Å². The van der Waals surface area contributed by atoms with Crippen LogP contribution in [0, 0.1) is 6.92 Å². The van der Waals surface area contributed by atoms with Crippen molar-refractivity contribution in [2.45, 2.75) is 31.9 Å². The van der Waals surface area contributed by atoms with Gasteiger partial charge in [-0.2, -0.15) is 0 Å². The average Bonchev–Trinajstić information content (AvgIpc) is 2.45. The van der Waals surface area contributed by atoms with Crippen LogP contribution in [0.15, 0.2) is 18.2 Å². The zero-order valence-corrected chi connectivity index (χ0v) is 12.4. The number of ether oxygens (including phenoxy) is 1. The highest BCUT2D eigenvalue weighted by Crippen LogP contribution is 2.29. The van der Waals surface area contributed by atoms with Gasteiger partial charge in [0, 0.05) is 18.2 Å². The maximum atomic E-state index is 11.0. The van der Waals surface area contributed by atoms with Crippen LogP contribution in [-0.2, 0) is 4.79 Å². The molecule has 1 aromatic carbocycles. The second kappa shape index (κ2) is 8.61. The van der Waals surface area contributed by atoms with Crippen LogP contribution < -0.4 is 10.1 Å². The third-order valence-corrected chi connectivity index (χ3v) is 3.22. The van der Waals surface area contributed by atoms with Gasteiger partial charge in [-0.1, -0.05) is 11.6 Å². The molecule has 21 heavy (non-hydrogen) atoms. The Labute approximate surface area is 124 Å². The van der Waals surface area contributed by atoms with Crippen LogP contribution in [0.1, 0.15) is 30.1 Å². The van der Waals surface area contributed by atoms with Crippen molar-refractivity contribution < 1.29 is 24.9 Å². The smallest absolute Gasteiger partial charge is 0.305 e. The maximum absolute atomic E-state index is 11.0. The molecule has 0 aliphatic carbocycles. The minimum atomic E-state index is -1.00. The van der Waals surface area contributed by atoms with Crippen LogP contribution in [-0.4, -0.2) is 47.6 Å². The Morgan fingerprint density at radius 1 is 1.43 bits per heavy atom. The number of carboxylic acids is 1. The van der Waals surface area contributed by atoms with E-state index in [0.717, 1.165) is 5.56 Å². The fourth-order valence-electron chi connectivity index (χ4n) is 2.15. The summed E-state index contributed by atoms with van der Waals surface area (Å²) >= 11 is 0. The van der Waals surface area contributed by atoms with Crippen LogP contribution in [0.5, 0.6) is 5.75 Å². The molecule has 0 aliphatic rings. The Morgan fingerprint density at radius 3 is 2.71 bits per heavy atom. The zero-order valence-electron chi connectivity index (χ0n) is 12.4. The normalized spacial score (nSPS) is 13.7. The standard InChI is InChI=1S/C15H23NO5/c1-10-4-5-13(21-2)11(8-10)15(20)12(9-14(18)19)16-6-3-7-17/h4-5,8,12,15-17,20H,3,6-7,9H2,1-2H3,(H,18,19). The molecule has 0 bridgehead atoms. The molecule has 0 heterocycles. The summed E-state index contributed by atoms with van der Waals surface area (Å²) < 4.78 is 5.23. The first kappa shape index (κ1) is 17.4. The van der Waals surface area contributed by atoms with E-state index in [9.17, 15) is 9.90 Å². The lowest BCUT2D eigenvalue weighted by molar-refractivity contribution is -0.138. The van der Waals surface area contributed by atoms with Gasteiger partial charge in [0.25, 0.3) is 0 Å². The van der Waals surface area contributed by atoms with Crippen molar-refractivity contribution in [2.24, 2.45) is 0 Å². The molecule has 0 saturated carbocycles. The fraction of sp³-hybridized carbons (Fsp3) is 0.533. The number of aliphatic hydroxyl groups excluding tert-OH is 2. The van der Waals surface area contributed by atoms with Gasteiger partial charge in [0.15, 0.2) is 0 Å². The Balaban J connectivity index is 2.94. The van der Waals surface area contributed by atoms with Crippen molar-refractivity contribution >= 4 is 5.97 Å². The largest absolute Gasteiger partial charge is 0.496 e. The fourth-order valence-corrected chi connectivity index (χ4v) is 2.15. The number of nitrogens with one attached hydrogen (secondary N) is 1. The highest BCUT2D eigenvalue weighted by molar-refractivity contribution is 5.67. The Hall–Kier alpha value is -1.63. The maximum Gasteiger partial charge on any atom is 0.305 e. The third-order valence-electron chi connectivity index (χ3n) is 3.22. The van der Waals surface area contributed by atoms with E-state index in [2.05, 4.69) is 5.32 Å². The van der Waals surface area contributed by atoms with Gasteiger partial charge in [0.2, 0.25) is 0 Å². The van der Waals surface area contributed by atoms with Crippen molar-refractivity contribution in [3.63, 3.8) is 0 Å². The number of hydrogen-bond acceptors (Lipinski definition) is 5. The van der Waals surface area contributed by atoms with E-state index in [1.165, 1.54) is 7.11 Å². The Kier molecular flexibility index (Phi) is 7.14. The van der Waals surface area contributed by atoms with E-state index < -0.39 is 18.1 Å². The minimum Gasteiger partial charge on any atom is -0.496 e. The van der Waals surface area contributed by atoms with E-state index in [-0.39, 0.29) is 13.0 Å². The molecule has 0 fully saturated rings. The predicted octanol–water partition coefficient (Wildman–Crippen LogP) is 0.852. The zero-order chi connectivity index (χ0) is 15.8. The molecule has 6 heteroatoms. The molecule has 1 rings (SSSR count). The van der Waals surface area contributed by atoms with Crippen molar-refractivity contribution in [1.82, 2.24) is 5.32 Å². The van der Waals surface area contributed by atoms with Gasteiger partial charge in [-0.3, -0.25) is 4.79 Å². The van der Waals surface area contributed by atoms with E-state index >= 15 is 0 Å². The van der Waals surface area contributed by atoms with Gasteiger partial charge >= 0.3 is 5.97 Å². The molecule has 0 aliphatic heterocycles. The van der Waals surface area contributed by atoms with Crippen LogP contribution in [0.25, 0.3) is 0 Å². The highest BCUT2D eigenvalue weighted by atomic mass is 16.5. The van der Waals surface area contributed by atoms with Crippen molar-refractivity contribution in [1.29, 1.82) is 0 Å². The second-order valence-electron chi connectivity index (χ2n) is 4.93. The molecule has 0 radical (unpaired) electrons. The van der Waals surface area contributed by atoms with Gasteiger partial charge in [0.05, 0.1) is 19.6 Å². The quantitative estimate of drug-likeness (QED) is 0.504. The number of methoxy groups -OCH3 is 1. The number of benzene rings is 1. The molecular formula is C15H23NO5. The van der Waals surface area contributed by atoms with Crippen molar-refractivity contribution in [3.05, 3.63) is 29.3 Å². The van der Waals surface area contributed by atoms with Gasteiger partial charge in [0.1, 0.15) is 5.75 Å². The van der Waals surface area contributed by atoms with Gasteiger partial charge < -0.3 is 25.4 Å². The first-order chi connectivity index (χ1) is 9.99. The SMILES string of the molecule is COc1ccc(C)cc1C(O)C(CC(=O)O)NCCCO. The number of rotatable bonds is 9. The van der Waals surface area contributed by atoms with E-state index in [4.69, 9.17) is 14.9 Å². The summed E-state index contributed by atoms with van der Waals surface area (Å²) in [5.74, 6) is -0.477. The Morgan fingerprint density at radius 2 is 2.14 bits per heavy atom. The summed E-state index contributed by atoms with van der Waals surface area (Å²) in [6.07, 6.45) is -0.730. The third kappa shape index (κ3) is 5.34. The number of carbonyl (C=O) groups is 1. The summed E-state index contributed by atoms with van der Waals surface area (Å²) in [5, 5.41) is 31.3. The average molecular weight is 297 g/mol. The van der Waals surface area contributed by atoms with Crippen LogP contribution >= 0.6 is 0 Å². The van der Waals surface area contributed by atoms with Gasteiger partial charge in [-0.25, -0.2) is 0 Å². The molecule has 6 nitrogen and oxygen atoms in total. The van der Waals surface area contributed by atoms with Gasteiger partial charge in [-0.15, -0.1) is 0 Å². The van der Waals surface area contributed by atoms with E-state index in [1.54, 1.807) is 12.1 Å². The summed E-state index contributed by atoms with van der Waals surface area (Å²) in [5.41, 5.74) is 1.51. The summed E-state index contributed by atoms with van der Waals surface area (Å²) in [4.78, 5) is 11.0. The highest BCUT2D eigenvalue weighted by Gasteiger charge is 2.25. The molecular weight excluding hydrogens is 274 g/mol. The Bertz CT molecular complexity index is 463. The molecule has 2 atom stereocenters. The van der Waals surface area contributed by atoms with Gasteiger partial charge in [-0.05, 0) is 32.0 Å².